The fraction of sp³-hybridized carbons (Fsp3) is 0.500. The van der Waals surface area contributed by atoms with Crippen molar-refractivity contribution in [1.82, 2.24) is 25.4 Å². The number of carbonyl (C=O) groups excluding carboxylic acids is 2. The number of pyridine rings is 1. The van der Waals surface area contributed by atoms with Crippen LogP contribution in [0.25, 0.3) is 11.3 Å². The fourth-order valence-corrected chi connectivity index (χ4v) is 4.04. The molecule has 0 radical (unpaired) electrons. The van der Waals surface area contributed by atoms with Gasteiger partial charge in [0.2, 0.25) is 5.91 Å². The highest BCUT2D eigenvalue weighted by Gasteiger charge is 2.31. The van der Waals surface area contributed by atoms with Crippen molar-refractivity contribution in [2.75, 3.05) is 13.1 Å². The van der Waals surface area contributed by atoms with Gasteiger partial charge in [-0.3, -0.25) is 19.7 Å². The predicted molar refractivity (Wildman–Crippen MR) is 101 cm³/mol. The number of piperidine rings is 1. The molecule has 3 heterocycles. The minimum atomic E-state index is -0.120. The van der Waals surface area contributed by atoms with Crippen molar-refractivity contribution in [3.05, 3.63) is 36.3 Å². The van der Waals surface area contributed by atoms with Gasteiger partial charge in [0.15, 0.2) is 0 Å². The highest BCUT2D eigenvalue weighted by molar-refractivity contribution is 5.94. The van der Waals surface area contributed by atoms with E-state index >= 15 is 0 Å². The van der Waals surface area contributed by atoms with Crippen molar-refractivity contribution in [2.45, 2.75) is 44.6 Å². The Morgan fingerprint density at radius 2 is 1.89 bits per heavy atom. The summed E-state index contributed by atoms with van der Waals surface area (Å²) in [6.45, 7) is 1.15. The van der Waals surface area contributed by atoms with Gasteiger partial charge in [-0.2, -0.15) is 5.10 Å². The third kappa shape index (κ3) is 4.02. The monoisotopic (exact) mass is 367 g/mol. The van der Waals surface area contributed by atoms with Crippen LogP contribution in [0.5, 0.6) is 0 Å². The number of amides is 2. The molecule has 1 aliphatic heterocycles. The van der Waals surface area contributed by atoms with Crippen LogP contribution in [0.4, 0.5) is 0 Å². The summed E-state index contributed by atoms with van der Waals surface area (Å²) in [5.74, 6) is -0.117. The second-order valence-corrected chi connectivity index (χ2v) is 7.48. The third-order valence-corrected chi connectivity index (χ3v) is 5.57. The van der Waals surface area contributed by atoms with Gasteiger partial charge in [0.05, 0.1) is 11.6 Å². The molecule has 1 aliphatic carbocycles. The van der Waals surface area contributed by atoms with Gasteiger partial charge in [0.25, 0.3) is 5.91 Å². The highest BCUT2D eigenvalue weighted by Crippen LogP contribution is 2.23. The first-order chi connectivity index (χ1) is 13.2. The average molecular weight is 367 g/mol. The molecule has 2 aromatic rings. The number of aromatic amines is 1. The zero-order chi connectivity index (χ0) is 18.6. The van der Waals surface area contributed by atoms with E-state index in [2.05, 4.69) is 20.5 Å². The molecule has 1 saturated carbocycles. The Balaban J connectivity index is 1.40. The molecule has 4 rings (SSSR count). The van der Waals surface area contributed by atoms with Gasteiger partial charge in [0.1, 0.15) is 5.69 Å². The lowest BCUT2D eigenvalue weighted by molar-refractivity contribution is -0.127. The second-order valence-electron chi connectivity index (χ2n) is 7.48. The summed E-state index contributed by atoms with van der Waals surface area (Å²) in [5, 5.41) is 10.3. The summed E-state index contributed by atoms with van der Waals surface area (Å²) < 4.78 is 0. The lowest BCUT2D eigenvalue weighted by atomic mass is 9.96. The molecule has 2 fully saturated rings. The first-order valence-electron chi connectivity index (χ1n) is 9.76. The van der Waals surface area contributed by atoms with Crippen molar-refractivity contribution in [2.24, 2.45) is 5.92 Å². The molecule has 27 heavy (non-hydrogen) atoms. The first-order valence-corrected chi connectivity index (χ1v) is 9.76. The number of aromatic nitrogens is 3. The van der Waals surface area contributed by atoms with E-state index in [1.54, 1.807) is 23.4 Å². The molecular weight excluding hydrogens is 342 g/mol. The standard InChI is InChI=1S/C20H25N5O2/c26-19(22-16-5-1-2-6-16)15-4-3-11-25(13-15)20(27)18-12-17(23-24-18)14-7-9-21-10-8-14/h7-10,12,15-16H,1-6,11,13H2,(H,22,26)(H,23,24). The van der Waals surface area contributed by atoms with Crippen LogP contribution in [-0.2, 0) is 4.79 Å². The highest BCUT2D eigenvalue weighted by atomic mass is 16.2. The maximum absolute atomic E-state index is 12.9. The molecular formula is C20H25N5O2. The molecule has 0 bridgehead atoms. The zero-order valence-electron chi connectivity index (χ0n) is 15.4. The van der Waals surface area contributed by atoms with Gasteiger partial charge in [0, 0.05) is 37.1 Å². The molecule has 2 aliphatic rings. The zero-order valence-corrected chi connectivity index (χ0v) is 15.4. The second kappa shape index (κ2) is 7.90. The van der Waals surface area contributed by atoms with Gasteiger partial charge >= 0.3 is 0 Å². The number of hydrogen-bond acceptors (Lipinski definition) is 4. The van der Waals surface area contributed by atoms with Crippen LogP contribution in [0.3, 0.4) is 0 Å². The van der Waals surface area contributed by atoms with Crippen molar-refractivity contribution >= 4 is 11.8 Å². The maximum Gasteiger partial charge on any atom is 0.271 e. The number of rotatable bonds is 4. The van der Waals surface area contributed by atoms with E-state index in [1.807, 2.05) is 12.1 Å². The van der Waals surface area contributed by atoms with Crippen LogP contribution < -0.4 is 5.32 Å². The van der Waals surface area contributed by atoms with E-state index in [1.165, 1.54) is 12.8 Å². The van der Waals surface area contributed by atoms with Gasteiger partial charge in [-0.15, -0.1) is 0 Å². The Hall–Kier alpha value is -2.70. The van der Waals surface area contributed by atoms with Crippen molar-refractivity contribution in [3.63, 3.8) is 0 Å². The summed E-state index contributed by atoms with van der Waals surface area (Å²) in [4.78, 5) is 31.2. The van der Waals surface area contributed by atoms with Crippen molar-refractivity contribution in [3.8, 4) is 11.3 Å². The molecule has 1 atom stereocenters. The molecule has 2 amide bonds. The molecule has 0 aromatic carbocycles. The summed E-state index contributed by atoms with van der Waals surface area (Å²) in [5.41, 5.74) is 2.08. The normalized spacial score (nSPS) is 20.6. The summed E-state index contributed by atoms with van der Waals surface area (Å²) >= 11 is 0. The van der Waals surface area contributed by atoms with E-state index in [0.717, 1.165) is 31.2 Å². The first kappa shape index (κ1) is 17.7. The van der Waals surface area contributed by atoms with Crippen LogP contribution in [-0.4, -0.2) is 51.0 Å². The van der Waals surface area contributed by atoms with Crippen LogP contribution in [0.15, 0.2) is 30.6 Å². The third-order valence-electron chi connectivity index (χ3n) is 5.57. The Morgan fingerprint density at radius 1 is 1.11 bits per heavy atom. The molecule has 2 N–H and O–H groups in total. The predicted octanol–water partition coefficient (Wildman–Crippen LogP) is 2.38. The SMILES string of the molecule is O=C(NC1CCCC1)C1CCCN(C(=O)c2cc(-c3ccncc3)n[nH]2)C1. The molecule has 7 nitrogen and oxygen atoms in total. The van der Waals surface area contributed by atoms with Gasteiger partial charge in [-0.1, -0.05) is 12.8 Å². The quantitative estimate of drug-likeness (QED) is 0.868. The number of H-pyrrole nitrogens is 1. The molecule has 7 heteroatoms. The number of likely N-dealkylation sites (tertiary alicyclic amines) is 1. The maximum atomic E-state index is 12.9. The number of hydrogen-bond donors (Lipinski definition) is 2. The van der Waals surface area contributed by atoms with Crippen molar-refractivity contribution < 1.29 is 9.59 Å². The van der Waals surface area contributed by atoms with Crippen LogP contribution in [0.1, 0.15) is 49.0 Å². The minimum Gasteiger partial charge on any atom is -0.353 e. The fourth-order valence-electron chi connectivity index (χ4n) is 4.04. The van der Waals surface area contributed by atoms with Crippen LogP contribution in [0.2, 0.25) is 0 Å². The van der Waals surface area contributed by atoms with E-state index in [4.69, 9.17) is 0 Å². The van der Waals surface area contributed by atoms with E-state index < -0.39 is 0 Å². The summed E-state index contributed by atoms with van der Waals surface area (Å²) in [6, 6.07) is 5.79. The lowest BCUT2D eigenvalue weighted by Gasteiger charge is -2.32. The summed E-state index contributed by atoms with van der Waals surface area (Å²) in [6.07, 6.45) is 9.63. The number of nitrogens with one attached hydrogen (secondary N) is 2. The molecule has 1 saturated heterocycles. The molecule has 2 aromatic heterocycles. The van der Waals surface area contributed by atoms with E-state index in [9.17, 15) is 9.59 Å². The number of carbonyl (C=O) groups is 2. The molecule has 142 valence electrons. The topological polar surface area (TPSA) is 91.0 Å². The lowest BCUT2D eigenvalue weighted by Crippen LogP contribution is -2.47. The summed E-state index contributed by atoms with van der Waals surface area (Å²) in [7, 11) is 0. The Morgan fingerprint density at radius 3 is 2.67 bits per heavy atom. The number of nitrogens with zero attached hydrogens (tertiary/aromatic N) is 3. The Kier molecular flexibility index (Phi) is 5.18. The van der Waals surface area contributed by atoms with Crippen LogP contribution in [0, 0.1) is 5.92 Å². The Labute approximate surface area is 158 Å². The van der Waals surface area contributed by atoms with Gasteiger partial charge in [-0.05, 0) is 43.9 Å². The average Bonchev–Trinajstić information content (AvgIpc) is 3.40. The smallest absolute Gasteiger partial charge is 0.271 e. The molecule has 1 unspecified atom stereocenters. The van der Waals surface area contributed by atoms with E-state index in [0.29, 0.717) is 30.5 Å². The largest absolute Gasteiger partial charge is 0.353 e. The van der Waals surface area contributed by atoms with Gasteiger partial charge < -0.3 is 10.2 Å². The minimum absolute atomic E-state index is 0.0961. The molecule has 0 spiro atoms. The van der Waals surface area contributed by atoms with E-state index in [-0.39, 0.29) is 17.7 Å². The van der Waals surface area contributed by atoms with Crippen molar-refractivity contribution in [1.29, 1.82) is 0 Å². The van der Waals surface area contributed by atoms with Crippen LogP contribution >= 0.6 is 0 Å². The van der Waals surface area contributed by atoms with Gasteiger partial charge in [-0.25, -0.2) is 0 Å². The Bertz CT molecular complexity index is 798.